The van der Waals surface area contributed by atoms with Crippen molar-refractivity contribution in [2.24, 2.45) is 11.8 Å². The summed E-state index contributed by atoms with van der Waals surface area (Å²) >= 11 is 0. The fourth-order valence-electron chi connectivity index (χ4n) is 2.55. The van der Waals surface area contributed by atoms with Crippen molar-refractivity contribution in [1.82, 2.24) is 0 Å². The predicted octanol–water partition coefficient (Wildman–Crippen LogP) is 2.54. The second-order valence-electron chi connectivity index (χ2n) is 4.44. The highest BCUT2D eigenvalue weighted by Gasteiger charge is 2.25. The Morgan fingerprint density at radius 3 is 2.64 bits per heavy atom. The van der Waals surface area contributed by atoms with E-state index in [0.717, 1.165) is 18.6 Å². The third-order valence-corrected chi connectivity index (χ3v) is 3.45. The SMILES string of the molecule is O=CCCCCCC1CCC[C@H]1CO. The van der Waals surface area contributed by atoms with E-state index in [0.29, 0.717) is 18.9 Å². The van der Waals surface area contributed by atoms with Gasteiger partial charge in [-0.25, -0.2) is 0 Å². The van der Waals surface area contributed by atoms with Gasteiger partial charge in [-0.2, -0.15) is 0 Å². The maximum atomic E-state index is 10.1. The van der Waals surface area contributed by atoms with Gasteiger partial charge in [0.05, 0.1) is 0 Å². The normalized spacial score (nSPS) is 26.6. The third kappa shape index (κ3) is 3.79. The molecule has 1 saturated carbocycles. The van der Waals surface area contributed by atoms with Crippen LogP contribution in [0.25, 0.3) is 0 Å². The molecule has 0 heterocycles. The summed E-state index contributed by atoms with van der Waals surface area (Å²) in [5.41, 5.74) is 0. The van der Waals surface area contributed by atoms with Crippen molar-refractivity contribution in [1.29, 1.82) is 0 Å². The minimum atomic E-state index is 0.374. The summed E-state index contributed by atoms with van der Waals surface area (Å²) < 4.78 is 0. The first-order valence-corrected chi connectivity index (χ1v) is 5.93. The molecule has 1 unspecified atom stereocenters. The van der Waals surface area contributed by atoms with Gasteiger partial charge in [0, 0.05) is 13.0 Å². The van der Waals surface area contributed by atoms with Gasteiger partial charge in [-0.1, -0.05) is 32.1 Å². The van der Waals surface area contributed by atoms with E-state index < -0.39 is 0 Å². The van der Waals surface area contributed by atoms with Crippen LogP contribution in [0.1, 0.15) is 51.4 Å². The summed E-state index contributed by atoms with van der Waals surface area (Å²) in [6, 6.07) is 0. The van der Waals surface area contributed by atoms with Crippen LogP contribution in [0.3, 0.4) is 0 Å². The van der Waals surface area contributed by atoms with E-state index in [1.165, 1.54) is 38.5 Å². The Hall–Kier alpha value is -0.370. The average Bonchev–Trinajstić information content (AvgIpc) is 2.65. The molecular formula is C12H22O2. The number of aldehydes is 1. The van der Waals surface area contributed by atoms with Crippen molar-refractivity contribution in [2.45, 2.75) is 51.4 Å². The van der Waals surface area contributed by atoms with Crippen LogP contribution < -0.4 is 0 Å². The minimum absolute atomic E-state index is 0.374. The number of rotatable bonds is 7. The Bertz CT molecular complexity index is 156. The lowest BCUT2D eigenvalue weighted by atomic mass is 9.91. The van der Waals surface area contributed by atoms with Crippen molar-refractivity contribution in [3.05, 3.63) is 0 Å². The van der Waals surface area contributed by atoms with Gasteiger partial charge in [0.15, 0.2) is 0 Å². The number of carbonyl (C=O) groups excluding carboxylic acids is 1. The van der Waals surface area contributed by atoms with E-state index in [-0.39, 0.29) is 0 Å². The van der Waals surface area contributed by atoms with Crippen LogP contribution in [0.4, 0.5) is 0 Å². The molecule has 82 valence electrons. The van der Waals surface area contributed by atoms with Gasteiger partial charge in [-0.05, 0) is 24.7 Å². The molecule has 0 amide bonds. The molecule has 1 aliphatic carbocycles. The molecule has 0 radical (unpaired) electrons. The van der Waals surface area contributed by atoms with E-state index in [4.69, 9.17) is 5.11 Å². The molecule has 1 fully saturated rings. The van der Waals surface area contributed by atoms with Gasteiger partial charge in [0.1, 0.15) is 6.29 Å². The second kappa shape index (κ2) is 6.99. The Balaban J connectivity index is 2.02. The van der Waals surface area contributed by atoms with Crippen molar-refractivity contribution in [3.63, 3.8) is 0 Å². The van der Waals surface area contributed by atoms with Crippen LogP contribution in [0.15, 0.2) is 0 Å². The number of aliphatic hydroxyl groups excluding tert-OH is 1. The lowest BCUT2D eigenvalue weighted by Gasteiger charge is -2.16. The average molecular weight is 198 g/mol. The first-order chi connectivity index (χ1) is 6.88. The van der Waals surface area contributed by atoms with E-state index >= 15 is 0 Å². The minimum Gasteiger partial charge on any atom is -0.396 e. The lowest BCUT2D eigenvalue weighted by molar-refractivity contribution is -0.107. The highest BCUT2D eigenvalue weighted by atomic mass is 16.3. The van der Waals surface area contributed by atoms with Crippen LogP contribution in [0.2, 0.25) is 0 Å². The van der Waals surface area contributed by atoms with E-state index in [2.05, 4.69) is 0 Å². The second-order valence-corrected chi connectivity index (χ2v) is 4.44. The van der Waals surface area contributed by atoms with Crippen LogP contribution >= 0.6 is 0 Å². The van der Waals surface area contributed by atoms with Crippen molar-refractivity contribution < 1.29 is 9.90 Å². The molecule has 2 atom stereocenters. The molecule has 1 rings (SSSR count). The molecule has 0 bridgehead atoms. The molecular weight excluding hydrogens is 176 g/mol. The largest absolute Gasteiger partial charge is 0.396 e. The molecule has 1 N–H and O–H groups in total. The number of aliphatic hydroxyl groups is 1. The Morgan fingerprint density at radius 2 is 1.93 bits per heavy atom. The van der Waals surface area contributed by atoms with Gasteiger partial charge in [0.25, 0.3) is 0 Å². The van der Waals surface area contributed by atoms with E-state index in [1.54, 1.807) is 0 Å². The first kappa shape index (κ1) is 11.7. The molecule has 0 aliphatic heterocycles. The quantitative estimate of drug-likeness (QED) is 0.504. The first-order valence-electron chi connectivity index (χ1n) is 5.93. The van der Waals surface area contributed by atoms with Gasteiger partial charge in [-0.15, -0.1) is 0 Å². The van der Waals surface area contributed by atoms with Crippen LogP contribution in [-0.4, -0.2) is 18.0 Å². The smallest absolute Gasteiger partial charge is 0.119 e. The summed E-state index contributed by atoms with van der Waals surface area (Å²) in [6.07, 6.45) is 10.2. The molecule has 0 aromatic heterocycles. The molecule has 2 heteroatoms. The van der Waals surface area contributed by atoms with E-state index in [1.807, 2.05) is 0 Å². The fraction of sp³-hybridized carbons (Fsp3) is 0.917. The molecule has 0 spiro atoms. The molecule has 0 aromatic rings. The Labute approximate surface area is 86.7 Å². The van der Waals surface area contributed by atoms with Crippen molar-refractivity contribution in [2.75, 3.05) is 6.61 Å². The molecule has 2 nitrogen and oxygen atoms in total. The van der Waals surface area contributed by atoms with Gasteiger partial charge in [0.2, 0.25) is 0 Å². The van der Waals surface area contributed by atoms with Gasteiger partial charge >= 0.3 is 0 Å². The highest BCUT2D eigenvalue weighted by Crippen LogP contribution is 2.34. The number of carbonyl (C=O) groups is 1. The molecule has 14 heavy (non-hydrogen) atoms. The molecule has 1 aliphatic rings. The summed E-state index contributed by atoms with van der Waals surface area (Å²) in [7, 11) is 0. The maximum absolute atomic E-state index is 10.1. The lowest BCUT2D eigenvalue weighted by Crippen LogP contribution is -2.11. The van der Waals surface area contributed by atoms with Crippen LogP contribution in [0, 0.1) is 11.8 Å². The van der Waals surface area contributed by atoms with Gasteiger partial charge in [-0.3, -0.25) is 0 Å². The summed E-state index contributed by atoms with van der Waals surface area (Å²) in [5.74, 6) is 1.33. The number of hydrogen-bond acceptors (Lipinski definition) is 2. The third-order valence-electron chi connectivity index (χ3n) is 3.45. The summed E-state index contributed by atoms with van der Waals surface area (Å²) in [5, 5.41) is 9.13. The monoisotopic (exact) mass is 198 g/mol. The maximum Gasteiger partial charge on any atom is 0.119 e. The standard InChI is InChI=1S/C12H22O2/c13-9-4-2-1-3-6-11-7-5-8-12(11)10-14/h9,11-12,14H,1-8,10H2/t11?,12-/m0/s1. The fourth-order valence-corrected chi connectivity index (χ4v) is 2.55. The van der Waals surface area contributed by atoms with Gasteiger partial charge < -0.3 is 9.90 Å². The molecule has 0 saturated heterocycles. The van der Waals surface area contributed by atoms with Crippen molar-refractivity contribution in [3.8, 4) is 0 Å². The highest BCUT2D eigenvalue weighted by molar-refractivity contribution is 5.48. The zero-order valence-electron chi connectivity index (χ0n) is 8.95. The zero-order chi connectivity index (χ0) is 10.2. The van der Waals surface area contributed by atoms with Crippen LogP contribution in [-0.2, 0) is 4.79 Å². The summed E-state index contributed by atoms with van der Waals surface area (Å²) in [4.78, 5) is 10.1. The topological polar surface area (TPSA) is 37.3 Å². The number of unbranched alkanes of at least 4 members (excludes halogenated alkanes) is 3. The number of hydrogen-bond donors (Lipinski definition) is 1. The Morgan fingerprint density at radius 1 is 1.14 bits per heavy atom. The van der Waals surface area contributed by atoms with Crippen LogP contribution in [0.5, 0.6) is 0 Å². The zero-order valence-corrected chi connectivity index (χ0v) is 8.95. The van der Waals surface area contributed by atoms with E-state index in [9.17, 15) is 4.79 Å². The summed E-state index contributed by atoms with van der Waals surface area (Å²) in [6.45, 7) is 0.374. The molecule has 0 aromatic carbocycles. The Kier molecular flexibility index (Phi) is 5.85. The van der Waals surface area contributed by atoms with Crippen molar-refractivity contribution >= 4 is 6.29 Å². The predicted molar refractivity (Wildman–Crippen MR) is 57.1 cm³/mol.